The Morgan fingerprint density at radius 1 is 0.970 bits per heavy atom. The van der Waals surface area contributed by atoms with Crippen molar-refractivity contribution < 1.29 is 0 Å². The summed E-state index contributed by atoms with van der Waals surface area (Å²) in [5.74, 6) is 0.676. The Hall–Kier alpha value is -3.27. The molecule has 0 atom stereocenters. The summed E-state index contributed by atoms with van der Waals surface area (Å²) in [6.45, 7) is 19.0. The number of rotatable bonds is 15. The van der Waals surface area contributed by atoms with Gasteiger partial charge in [-0.05, 0) is 48.9 Å². The number of hydrogen-bond donors (Lipinski definition) is 1. The van der Waals surface area contributed by atoms with Gasteiger partial charge in [0, 0.05) is 26.7 Å². The molecule has 2 aromatic rings. The minimum Gasteiger partial charge on any atom is -0.373 e. The van der Waals surface area contributed by atoms with Crippen LogP contribution < -0.4 is 5.32 Å². The van der Waals surface area contributed by atoms with Crippen molar-refractivity contribution >= 4 is 6.72 Å². The predicted molar refractivity (Wildman–Crippen MR) is 143 cm³/mol. The van der Waals surface area contributed by atoms with Crippen LogP contribution in [0.3, 0.4) is 0 Å². The van der Waals surface area contributed by atoms with Gasteiger partial charge in [-0.3, -0.25) is 0 Å². The topological polar surface area (TPSA) is 30.9 Å². The molecule has 0 saturated heterocycles. The molecule has 2 rings (SSSR count). The molecule has 176 valence electrons. The van der Waals surface area contributed by atoms with Gasteiger partial charge in [0.25, 0.3) is 0 Å². The van der Waals surface area contributed by atoms with Crippen molar-refractivity contribution in [2.45, 2.75) is 46.1 Å². The number of benzene rings is 2. The van der Waals surface area contributed by atoms with Gasteiger partial charge >= 0.3 is 0 Å². The summed E-state index contributed by atoms with van der Waals surface area (Å²) in [6, 6.07) is 19.4. The maximum Gasteiger partial charge on any atom is 0.155 e. The molecule has 0 bridgehead atoms. The number of nitrogens with zero attached hydrogens (tertiary/aromatic N) is 3. The van der Waals surface area contributed by atoms with Crippen LogP contribution in [0.1, 0.15) is 43.4 Å². The van der Waals surface area contributed by atoms with Crippen molar-refractivity contribution in [3.05, 3.63) is 108 Å². The van der Waals surface area contributed by atoms with Crippen molar-refractivity contribution in [1.82, 2.24) is 15.1 Å². The second-order valence-electron chi connectivity index (χ2n) is 8.25. The second-order valence-corrected chi connectivity index (χ2v) is 8.25. The molecule has 0 fully saturated rings. The van der Waals surface area contributed by atoms with Gasteiger partial charge < -0.3 is 15.1 Å². The highest BCUT2D eigenvalue weighted by Gasteiger charge is 2.21. The third-order valence-electron chi connectivity index (χ3n) is 5.84. The molecular formula is C29H40N4. The lowest BCUT2D eigenvalue weighted by Gasteiger charge is -2.34. The minimum atomic E-state index is 0.676. The van der Waals surface area contributed by atoms with Gasteiger partial charge in [0.15, 0.2) is 5.82 Å². The highest BCUT2D eigenvalue weighted by Crippen LogP contribution is 2.24. The molecule has 0 heterocycles. The number of unbranched alkanes of at least 4 members (excludes halogenated alkanes) is 1. The average molecular weight is 445 g/mol. The first kappa shape index (κ1) is 26.0. The van der Waals surface area contributed by atoms with E-state index in [0.29, 0.717) is 5.82 Å². The Bertz CT molecular complexity index is 912. The Morgan fingerprint density at radius 2 is 1.64 bits per heavy atom. The van der Waals surface area contributed by atoms with E-state index in [0.717, 1.165) is 56.7 Å². The largest absolute Gasteiger partial charge is 0.373 e. The van der Waals surface area contributed by atoms with E-state index in [4.69, 9.17) is 0 Å². The molecule has 4 heteroatoms. The monoisotopic (exact) mass is 444 g/mol. The molecule has 0 radical (unpaired) electrons. The molecule has 4 nitrogen and oxygen atoms in total. The molecule has 0 aromatic heterocycles. The average Bonchev–Trinajstić information content (AvgIpc) is 2.85. The lowest BCUT2D eigenvalue weighted by molar-refractivity contribution is 0.308. The molecule has 0 spiro atoms. The van der Waals surface area contributed by atoms with Gasteiger partial charge in [-0.2, -0.15) is 0 Å². The van der Waals surface area contributed by atoms with Gasteiger partial charge in [0.1, 0.15) is 5.70 Å². The summed E-state index contributed by atoms with van der Waals surface area (Å²) in [6.07, 6.45) is 5.86. The maximum atomic E-state index is 4.46. The zero-order chi connectivity index (χ0) is 24.1. The Labute approximate surface area is 201 Å². The molecule has 0 unspecified atom stereocenters. The third-order valence-corrected chi connectivity index (χ3v) is 5.84. The smallest absolute Gasteiger partial charge is 0.155 e. The summed E-state index contributed by atoms with van der Waals surface area (Å²) in [7, 11) is 2.09. The number of likely N-dealkylation sites (N-methyl/N-ethyl adjacent to an activating group) is 1. The van der Waals surface area contributed by atoms with Gasteiger partial charge in [0.2, 0.25) is 0 Å². The first-order chi connectivity index (χ1) is 16.0. The van der Waals surface area contributed by atoms with Crippen LogP contribution in [0.25, 0.3) is 0 Å². The highest BCUT2D eigenvalue weighted by molar-refractivity contribution is 5.37. The number of nitrogens with one attached hydrogen (secondary N) is 1. The summed E-state index contributed by atoms with van der Waals surface area (Å²) in [5, 5.41) is 3.19. The van der Waals surface area contributed by atoms with Crippen LogP contribution in [-0.4, -0.2) is 36.7 Å². The Balaban J connectivity index is 2.42. The SMILES string of the molecule is C=CN/C(N=C)=C(\C(=C)N(C)CCCC)N(CCc1ccc(CC)cc1)Cc1ccccc1. The van der Waals surface area contributed by atoms with Crippen molar-refractivity contribution in [2.75, 3.05) is 20.1 Å². The predicted octanol–water partition coefficient (Wildman–Crippen LogP) is 6.14. The number of hydrogen-bond acceptors (Lipinski definition) is 4. The lowest BCUT2D eigenvalue weighted by atomic mass is 10.1. The molecule has 2 aromatic carbocycles. The van der Waals surface area contributed by atoms with Crippen molar-refractivity contribution in [3.8, 4) is 0 Å². The molecule has 0 amide bonds. The zero-order valence-electron chi connectivity index (χ0n) is 20.7. The Kier molecular flexibility index (Phi) is 11.0. The van der Waals surface area contributed by atoms with Gasteiger partial charge in [0.05, 0.1) is 5.70 Å². The van der Waals surface area contributed by atoms with E-state index < -0.39 is 0 Å². The molecule has 1 N–H and O–H groups in total. The summed E-state index contributed by atoms with van der Waals surface area (Å²) >= 11 is 0. The van der Waals surface area contributed by atoms with Crippen LogP contribution in [0.15, 0.2) is 96.2 Å². The summed E-state index contributed by atoms with van der Waals surface area (Å²) < 4.78 is 0. The Morgan fingerprint density at radius 3 is 2.21 bits per heavy atom. The molecule has 0 aliphatic carbocycles. The van der Waals surface area contributed by atoms with E-state index in [1.807, 2.05) is 6.07 Å². The fraction of sp³-hybridized carbons (Fsp3) is 0.345. The lowest BCUT2D eigenvalue weighted by Crippen LogP contribution is -2.33. The number of aryl methyl sites for hydroxylation is 1. The van der Waals surface area contributed by atoms with Gasteiger partial charge in [-0.1, -0.05) is 88.0 Å². The first-order valence-corrected chi connectivity index (χ1v) is 11.9. The van der Waals surface area contributed by atoms with Crippen molar-refractivity contribution in [2.24, 2.45) is 4.99 Å². The molecular weight excluding hydrogens is 404 g/mol. The van der Waals surface area contributed by atoms with Crippen LogP contribution in [0.2, 0.25) is 0 Å². The zero-order valence-corrected chi connectivity index (χ0v) is 20.7. The fourth-order valence-electron chi connectivity index (χ4n) is 3.74. The second kappa shape index (κ2) is 14.0. The fourth-order valence-corrected chi connectivity index (χ4v) is 3.74. The number of aliphatic imine (C=N–C) groups is 1. The van der Waals surface area contributed by atoms with Crippen LogP contribution in [-0.2, 0) is 19.4 Å². The van der Waals surface area contributed by atoms with E-state index in [2.05, 4.69) is 109 Å². The maximum absolute atomic E-state index is 4.46. The minimum absolute atomic E-state index is 0.676. The third kappa shape index (κ3) is 7.98. The van der Waals surface area contributed by atoms with E-state index in [-0.39, 0.29) is 0 Å². The van der Waals surface area contributed by atoms with E-state index >= 15 is 0 Å². The summed E-state index contributed by atoms with van der Waals surface area (Å²) in [5.41, 5.74) is 5.80. The molecule has 0 saturated carbocycles. The molecule has 0 aliphatic heterocycles. The van der Waals surface area contributed by atoms with E-state index in [9.17, 15) is 0 Å². The highest BCUT2D eigenvalue weighted by atomic mass is 15.2. The van der Waals surface area contributed by atoms with Crippen LogP contribution in [0.5, 0.6) is 0 Å². The quantitative estimate of drug-likeness (QED) is 0.264. The van der Waals surface area contributed by atoms with E-state index in [1.54, 1.807) is 6.20 Å². The summed E-state index contributed by atoms with van der Waals surface area (Å²) in [4.78, 5) is 8.89. The van der Waals surface area contributed by atoms with Crippen LogP contribution in [0, 0.1) is 0 Å². The standard InChI is InChI=1S/C29H40N4/c1-7-10-21-32(6)24(4)28(29(30-5)31-9-3)33(23-27-14-12-11-13-15-27)22-20-26-18-16-25(8-2)17-19-26/h9,11-19,31H,3-5,7-8,10,20-23H2,1-2,6H3/b29-28+. The van der Waals surface area contributed by atoms with Crippen LogP contribution in [0.4, 0.5) is 0 Å². The van der Waals surface area contributed by atoms with Gasteiger partial charge in [-0.15, -0.1) is 0 Å². The van der Waals surface area contributed by atoms with E-state index in [1.165, 1.54) is 16.7 Å². The van der Waals surface area contributed by atoms with Crippen molar-refractivity contribution in [3.63, 3.8) is 0 Å². The molecule has 33 heavy (non-hydrogen) atoms. The van der Waals surface area contributed by atoms with Crippen LogP contribution >= 0.6 is 0 Å². The van der Waals surface area contributed by atoms with Crippen molar-refractivity contribution in [1.29, 1.82) is 0 Å². The molecule has 0 aliphatic rings. The first-order valence-electron chi connectivity index (χ1n) is 11.9. The van der Waals surface area contributed by atoms with Gasteiger partial charge in [-0.25, -0.2) is 4.99 Å². The normalized spacial score (nSPS) is 11.4.